The van der Waals surface area contributed by atoms with E-state index in [0.717, 1.165) is 12.1 Å². The summed E-state index contributed by atoms with van der Waals surface area (Å²) in [5, 5.41) is 8.46. The summed E-state index contributed by atoms with van der Waals surface area (Å²) < 4.78 is 39.3. The van der Waals surface area contributed by atoms with Crippen LogP contribution in [-0.2, 0) is 14.8 Å². The summed E-state index contributed by atoms with van der Waals surface area (Å²) in [5.41, 5.74) is 4.78. The molecule has 116 valence electrons. The minimum Gasteiger partial charge on any atom is -0.481 e. The number of aliphatic carboxylic acids is 1. The Hall–Kier alpha value is -2.16. The Labute approximate surface area is 121 Å². The second-order valence-corrected chi connectivity index (χ2v) is 6.25. The molecule has 0 aliphatic rings. The predicted octanol–water partition coefficient (Wildman–Crippen LogP) is 0.840. The van der Waals surface area contributed by atoms with Gasteiger partial charge in [-0.15, -0.1) is 0 Å². The maximum atomic E-state index is 13.6. The summed E-state index contributed by atoms with van der Waals surface area (Å²) in [4.78, 5) is 21.4. The van der Waals surface area contributed by atoms with Crippen LogP contribution in [0.4, 0.5) is 10.1 Å². The van der Waals surface area contributed by atoms with Crippen LogP contribution in [0.1, 0.15) is 28.8 Å². The first-order valence-electron chi connectivity index (χ1n) is 5.94. The minimum absolute atomic E-state index is 0.0156. The summed E-state index contributed by atoms with van der Waals surface area (Å²) in [6.45, 7) is 1.34. The second-order valence-electron chi connectivity index (χ2n) is 4.41. The lowest BCUT2D eigenvalue weighted by Crippen LogP contribution is -2.19. The number of hydrogen-bond acceptors (Lipinski definition) is 4. The van der Waals surface area contributed by atoms with Crippen molar-refractivity contribution in [3.05, 3.63) is 29.1 Å². The molecule has 4 N–H and O–H groups in total. The Morgan fingerprint density at radius 2 is 2.00 bits per heavy atom. The number of nitrogens with two attached hydrogens (primary N) is 1. The van der Waals surface area contributed by atoms with Gasteiger partial charge in [-0.25, -0.2) is 12.8 Å². The van der Waals surface area contributed by atoms with Crippen LogP contribution < -0.4 is 10.5 Å². The first-order chi connectivity index (χ1) is 9.62. The highest BCUT2D eigenvalue weighted by molar-refractivity contribution is 7.92. The van der Waals surface area contributed by atoms with Crippen molar-refractivity contribution in [2.75, 3.05) is 10.5 Å². The van der Waals surface area contributed by atoms with Crippen LogP contribution in [0.5, 0.6) is 0 Å². The average Bonchev–Trinajstić information content (AvgIpc) is 2.33. The molecular weight excluding hydrogens is 303 g/mol. The maximum absolute atomic E-state index is 13.6. The highest BCUT2D eigenvalue weighted by Crippen LogP contribution is 2.22. The monoisotopic (exact) mass is 318 g/mol. The molecule has 1 amide bonds. The number of carbonyl (C=O) groups is 2. The normalized spacial score (nSPS) is 11.1. The van der Waals surface area contributed by atoms with Crippen molar-refractivity contribution >= 4 is 27.6 Å². The lowest BCUT2D eigenvalue weighted by Gasteiger charge is -2.12. The van der Waals surface area contributed by atoms with Gasteiger partial charge >= 0.3 is 5.97 Å². The fourth-order valence-electron chi connectivity index (χ4n) is 1.56. The third-order valence-electron chi connectivity index (χ3n) is 2.70. The van der Waals surface area contributed by atoms with E-state index in [-0.39, 0.29) is 29.7 Å². The number of primary amides is 1. The second kappa shape index (κ2) is 6.53. The zero-order chi connectivity index (χ0) is 16.2. The van der Waals surface area contributed by atoms with E-state index in [1.807, 2.05) is 0 Å². The topological polar surface area (TPSA) is 127 Å². The number of nitrogens with one attached hydrogen (secondary N) is 1. The van der Waals surface area contributed by atoms with E-state index in [0.29, 0.717) is 0 Å². The molecule has 0 atom stereocenters. The number of sulfonamides is 1. The first-order valence-corrected chi connectivity index (χ1v) is 7.60. The fraction of sp³-hybridized carbons (Fsp3) is 0.333. The van der Waals surface area contributed by atoms with Crippen molar-refractivity contribution in [1.82, 2.24) is 0 Å². The molecule has 0 aliphatic heterocycles. The Morgan fingerprint density at radius 1 is 1.38 bits per heavy atom. The Bertz CT molecular complexity index is 672. The van der Waals surface area contributed by atoms with Crippen LogP contribution in [0, 0.1) is 12.7 Å². The molecule has 0 saturated carbocycles. The van der Waals surface area contributed by atoms with Crippen molar-refractivity contribution in [2.45, 2.75) is 19.8 Å². The Morgan fingerprint density at radius 3 is 2.52 bits per heavy atom. The highest BCUT2D eigenvalue weighted by atomic mass is 32.2. The molecule has 0 aliphatic carbocycles. The van der Waals surface area contributed by atoms with Gasteiger partial charge in [-0.05, 0) is 25.5 Å². The Kier molecular flexibility index (Phi) is 5.25. The molecule has 7 nitrogen and oxygen atoms in total. The number of anilines is 1. The van der Waals surface area contributed by atoms with Gasteiger partial charge in [0.25, 0.3) is 0 Å². The van der Waals surface area contributed by atoms with Crippen molar-refractivity contribution in [1.29, 1.82) is 0 Å². The summed E-state index contributed by atoms with van der Waals surface area (Å²) in [5.74, 6) is -3.20. The van der Waals surface area contributed by atoms with Gasteiger partial charge in [0.15, 0.2) is 0 Å². The molecule has 1 rings (SSSR count). The van der Waals surface area contributed by atoms with Crippen LogP contribution in [-0.4, -0.2) is 31.2 Å². The van der Waals surface area contributed by atoms with Gasteiger partial charge in [0, 0.05) is 17.5 Å². The van der Waals surface area contributed by atoms with Crippen molar-refractivity contribution in [2.24, 2.45) is 5.73 Å². The first kappa shape index (κ1) is 16.9. The minimum atomic E-state index is -3.84. The molecule has 0 heterocycles. The molecule has 0 aromatic heterocycles. The van der Waals surface area contributed by atoms with Gasteiger partial charge < -0.3 is 10.8 Å². The van der Waals surface area contributed by atoms with E-state index in [1.165, 1.54) is 6.92 Å². The number of amides is 1. The quantitative estimate of drug-likeness (QED) is 0.686. The number of rotatable bonds is 7. The summed E-state index contributed by atoms with van der Waals surface area (Å²) in [6, 6.07) is 2.05. The van der Waals surface area contributed by atoms with Gasteiger partial charge in [-0.2, -0.15) is 0 Å². The van der Waals surface area contributed by atoms with Crippen molar-refractivity contribution < 1.29 is 27.5 Å². The standard InChI is InChI=1S/C12H15FN2O5S/c1-7-9(13)5-8(12(14)18)6-10(7)15-21(19,20)4-2-3-11(16)17/h5-6,15H,2-4H2,1H3,(H2,14,18)(H,16,17). The molecule has 0 saturated heterocycles. The van der Waals surface area contributed by atoms with E-state index >= 15 is 0 Å². The summed E-state index contributed by atoms with van der Waals surface area (Å²) in [6.07, 6.45) is -0.378. The summed E-state index contributed by atoms with van der Waals surface area (Å²) in [7, 11) is -3.84. The van der Waals surface area contributed by atoms with Crippen LogP contribution in [0.3, 0.4) is 0 Å². The third kappa shape index (κ3) is 5.03. The highest BCUT2D eigenvalue weighted by Gasteiger charge is 2.16. The molecule has 0 radical (unpaired) electrons. The van der Waals surface area contributed by atoms with Gasteiger partial charge in [-0.3, -0.25) is 14.3 Å². The van der Waals surface area contributed by atoms with E-state index in [1.54, 1.807) is 0 Å². The molecule has 21 heavy (non-hydrogen) atoms. The molecule has 0 spiro atoms. The number of carboxylic acids is 1. The van der Waals surface area contributed by atoms with Crippen molar-refractivity contribution in [3.8, 4) is 0 Å². The van der Waals surface area contributed by atoms with Crippen LogP contribution in [0.25, 0.3) is 0 Å². The lowest BCUT2D eigenvalue weighted by molar-refractivity contribution is -0.137. The fourth-order valence-corrected chi connectivity index (χ4v) is 2.73. The van der Waals surface area contributed by atoms with Crippen molar-refractivity contribution in [3.63, 3.8) is 0 Å². The van der Waals surface area contributed by atoms with Gasteiger partial charge in [-0.1, -0.05) is 0 Å². The van der Waals surface area contributed by atoms with E-state index in [9.17, 15) is 22.4 Å². The molecule has 1 aromatic carbocycles. The number of halogens is 1. The van der Waals surface area contributed by atoms with Gasteiger partial charge in [0.05, 0.1) is 11.4 Å². The number of hydrogen-bond donors (Lipinski definition) is 3. The van der Waals surface area contributed by atoms with Crippen LogP contribution in [0.15, 0.2) is 12.1 Å². The lowest BCUT2D eigenvalue weighted by atomic mass is 10.1. The molecule has 9 heteroatoms. The predicted molar refractivity (Wildman–Crippen MR) is 73.9 cm³/mol. The summed E-state index contributed by atoms with van der Waals surface area (Å²) >= 11 is 0. The molecule has 1 aromatic rings. The maximum Gasteiger partial charge on any atom is 0.303 e. The molecule has 0 fully saturated rings. The molecule has 0 unspecified atom stereocenters. The van der Waals surface area contributed by atoms with Crippen LogP contribution >= 0.6 is 0 Å². The zero-order valence-electron chi connectivity index (χ0n) is 11.2. The van der Waals surface area contributed by atoms with E-state index in [4.69, 9.17) is 10.8 Å². The van der Waals surface area contributed by atoms with Crippen LogP contribution in [0.2, 0.25) is 0 Å². The molecule has 0 bridgehead atoms. The van der Waals surface area contributed by atoms with Gasteiger partial charge in [0.2, 0.25) is 15.9 Å². The Balaban J connectivity index is 2.96. The average molecular weight is 318 g/mol. The number of benzene rings is 1. The smallest absolute Gasteiger partial charge is 0.303 e. The van der Waals surface area contributed by atoms with E-state index < -0.39 is 33.5 Å². The number of carboxylic acid groups (broad SMARTS) is 1. The largest absolute Gasteiger partial charge is 0.481 e. The zero-order valence-corrected chi connectivity index (χ0v) is 12.0. The molecular formula is C12H15FN2O5S. The third-order valence-corrected chi connectivity index (χ3v) is 4.06. The SMILES string of the molecule is Cc1c(F)cc(C(N)=O)cc1NS(=O)(=O)CCCC(=O)O. The van der Waals surface area contributed by atoms with Gasteiger partial charge in [0.1, 0.15) is 5.82 Å². The number of carbonyl (C=O) groups excluding carboxylic acids is 1. The van der Waals surface area contributed by atoms with E-state index in [2.05, 4.69) is 4.72 Å².